The van der Waals surface area contributed by atoms with Crippen LogP contribution >= 0.6 is 11.3 Å². The van der Waals surface area contributed by atoms with Crippen molar-refractivity contribution in [2.45, 2.75) is 44.2 Å². The number of amides is 2. The van der Waals surface area contributed by atoms with Gasteiger partial charge in [-0.1, -0.05) is 42.5 Å². The number of thiazole rings is 1. The average molecular weight is 667 g/mol. The third-order valence-electron chi connectivity index (χ3n) is 9.60. The van der Waals surface area contributed by atoms with Crippen molar-refractivity contribution in [3.8, 4) is 10.6 Å². The zero-order valence-corrected chi connectivity index (χ0v) is 27.3. The fourth-order valence-corrected chi connectivity index (χ4v) is 7.97. The van der Waals surface area contributed by atoms with E-state index >= 15 is 0 Å². The molecule has 2 amide bonds. The number of aryl methyl sites for hydroxylation is 1. The number of fused-ring (bicyclic) bond motifs is 1. The number of aliphatic hydroxyl groups is 1. The number of rotatable bonds is 6. The van der Waals surface area contributed by atoms with Gasteiger partial charge in [0.15, 0.2) is 5.52 Å². The van der Waals surface area contributed by atoms with Crippen molar-refractivity contribution in [3.05, 3.63) is 112 Å². The lowest BCUT2D eigenvalue weighted by Gasteiger charge is -2.43. The summed E-state index contributed by atoms with van der Waals surface area (Å²) in [4.78, 5) is 58.1. The molecule has 0 aliphatic carbocycles. The number of benzene rings is 2. The van der Waals surface area contributed by atoms with Crippen molar-refractivity contribution in [3.63, 3.8) is 0 Å². The van der Waals surface area contributed by atoms with Gasteiger partial charge in [0.25, 0.3) is 11.5 Å². The Morgan fingerprint density at radius 1 is 0.979 bits per heavy atom. The van der Waals surface area contributed by atoms with Crippen LogP contribution in [0.3, 0.4) is 0 Å². The molecule has 2 atom stereocenters. The molecule has 2 fully saturated rings. The molecule has 2 aliphatic heterocycles. The van der Waals surface area contributed by atoms with Gasteiger partial charge in [-0.3, -0.25) is 19.0 Å². The fraction of sp³-hybridized carbons (Fsp3) is 0.333. The monoisotopic (exact) mass is 666 g/mol. The van der Waals surface area contributed by atoms with Crippen molar-refractivity contribution in [1.29, 1.82) is 0 Å². The Kier molecular flexibility index (Phi) is 8.61. The molecule has 48 heavy (non-hydrogen) atoms. The topological polar surface area (TPSA) is 122 Å². The van der Waals surface area contributed by atoms with E-state index in [-0.39, 0.29) is 47.1 Å². The second-order valence-electron chi connectivity index (χ2n) is 12.7. The highest BCUT2D eigenvalue weighted by atomic mass is 32.1. The quantitative estimate of drug-likeness (QED) is 0.280. The van der Waals surface area contributed by atoms with E-state index in [4.69, 9.17) is 0 Å². The highest BCUT2D eigenvalue weighted by molar-refractivity contribution is 7.17. The van der Waals surface area contributed by atoms with Gasteiger partial charge in [0.05, 0.1) is 29.7 Å². The zero-order valence-electron chi connectivity index (χ0n) is 26.5. The summed E-state index contributed by atoms with van der Waals surface area (Å²) >= 11 is 1.19. The van der Waals surface area contributed by atoms with Gasteiger partial charge in [-0.2, -0.15) is 0 Å². The lowest BCUT2D eigenvalue weighted by atomic mass is 9.79. The number of piperidine rings is 2. The van der Waals surface area contributed by atoms with Crippen molar-refractivity contribution in [1.82, 2.24) is 29.3 Å². The lowest BCUT2D eigenvalue weighted by Crippen LogP contribution is -2.53. The smallest absolute Gasteiger partial charge is 0.279 e. The Morgan fingerprint density at radius 2 is 1.73 bits per heavy atom. The molecule has 2 aliphatic rings. The van der Waals surface area contributed by atoms with E-state index in [1.54, 1.807) is 48.4 Å². The molecule has 10 nitrogen and oxygen atoms in total. The minimum absolute atomic E-state index is 0.00236. The third-order valence-corrected chi connectivity index (χ3v) is 10.8. The molecule has 1 N–H and O–H groups in total. The van der Waals surface area contributed by atoms with Gasteiger partial charge in [0.1, 0.15) is 15.7 Å². The number of aromatic nitrogens is 4. The number of likely N-dealkylation sites (tertiary alicyclic amines) is 2. The SMILES string of the molecule is Cc1nc(-c2ccccc2F)sc1C(=O)N1CC[C@@H](C(=O)N2CCC(O)(Cn3cnc4cccnc4c3=O)CC2)[C@H](c2ccccc2)C1. The average Bonchev–Trinajstić information content (AvgIpc) is 3.50. The highest BCUT2D eigenvalue weighted by Gasteiger charge is 2.42. The molecule has 5 heterocycles. The number of hydrogen-bond donors (Lipinski definition) is 1. The maximum Gasteiger partial charge on any atom is 0.279 e. The fourth-order valence-electron chi connectivity index (χ4n) is 6.91. The van der Waals surface area contributed by atoms with Gasteiger partial charge < -0.3 is 14.9 Å². The van der Waals surface area contributed by atoms with Gasteiger partial charge >= 0.3 is 0 Å². The van der Waals surface area contributed by atoms with Gasteiger partial charge in [-0.15, -0.1) is 11.3 Å². The molecule has 2 saturated heterocycles. The van der Waals surface area contributed by atoms with Crippen molar-refractivity contribution < 1.29 is 19.1 Å². The summed E-state index contributed by atoms with van der Waals surface area (Å²) in [6, 6.07) is 19.6. The summed E-state index contributed by atoms with van der Waals surface area (Å²) in [5.41, 5.74) is 1.17. The number of nitrogens with zero attached hydrogens (tertiary/aromatic N) is 6. The van der Waals surface area contributed by atoms with Crippen LogP contribution in [0.1, 0.15) is 46.1 Å². The summed E-state index contributed by atoms with van der Waals surface area (Å²) < 4.78 is 15.9. The largest absolute Gasteiger partial charge is 0.388 e. The summed E-state index contributed by atoms with van der Waals surface area (Å²) in [7, 11) is 0. The maximum absolute atomic E-state index is 14.5. The normalized spacial score (nSPS) is 19.4. The van der Waals surface area contributed by atoms with E-state index in [9.17, 15) is 23.9 Å². The highest BCUT2D eigenvalue weighted by Crippen LogP contribution is 2.37. The number of carbonyl (C=O) groups excluding carboxylic acids is 2. The van der Waals surface area contributed by atoms with Crippen molar-refractivity contribution in [2.24, 2.45) is 5.92 Å². The molecular weight excluding hydrogens is 631 g/mol. The number of carbonyl (C=O) groups is 2. The Labute approximate surface area is 280 Å². The molecule has 246 valence electrons. The van der Waals surface area contributed by atoms with E-state index in [0.717, 1.165) is 5.56 Å². The number of pyridine rings is 1. The predicted molar refractivity (Wildman–Crippen MR) is 180 cm³/mol. The molecule has 2 aromatic carbocycles. The van der Waals surface area contributed by atoms with Gasteiger partial charge in [0, 0.05) is 49.8 Å². The Balaban J connectivity index is 1.06. The van der Waals surface area contributed by atoms with Gasteiger partial charge in [-0.05, 0) is 56.0 Å². The Hall–Kier alpha value is -4.81. The maximum atomic E-state index is 14.5. The van der Waals surface area contributed by atoms with E-state index in [0.29, 0.717) is 72.1 Å². The van der Waals surface area contributed by atoms with E-state index < -0.39 is 5.60 Å². The van der Waals surface area contributed by atoms with Crippen LogP contribution in [0.2, 0.25) is 0 Å². The molecule has 0 unspecified atom stereocenters. The minimum atomic E-state index is -1.17. The molecule has 0 saturated carbocycles. The summed E-state index contributed by atoms with van der Waals surface area (Å²) in [6.07, 6.45) is 4.09. The van der Waals surface area contributed by atoms with Crippen molar-refractivity contribution >= 4 is 34.2 Å². The summed E-state index contributed by atoms with van der Waals surface area (Å²) in [6.45, 7) is 3.28. The second kappa shape index (κ2) is 13.0. The molecule has 0 bridgehead atoms. The lowest BCUT2D eigenvalue weighted by molar-refractivity contribution is -0.142. The predicted octanol–water partition coefficient (Wildman–Crippen LogP) is 4.66. The second-order valence-corrected chi connectivity index (χ2v) is 13.7. The zero-order chi connectivity index (χ0) is 33.4. The Bertz CT molecular complexity index is 2040. The Morgan fingerprint density at radius 3 is 2.50 bits per heavy atom. The molecule has 5 aromatic rings. The van der Waals surface area contributed by atoms with Crippen LogP contribution < -0.4 is 5.56 Å². The molecule has 3 aromatic heterocycles. The van der Waals surface area contributed by atoms with Crippen LogP contribution in [0.25, 0.3) is 21.6 Å². The molecule has 7 rings (SSSR count). The third kappa shape index (κ3) is 6.13. The first kappa shape index (κ1) is 31.8. The first-order chi connectivity index (χ1) is 23.2. The minimum Gasteiger partial charge on any atom is -0.388 e. The van der Waals surface area contributed by atoms with Gasteiger partial charge in [-0.25, -0.2) is 19.3 Å². The molecule has 0 radical (unpaired) electrons. The number of halogens is 1. The van der Waals surface area contributed by atoms with Crippen molar-refractivity contribution in [2.75, 3.05) is 26.2 Å². The van der Waals surface area contributed by atoms with Crippen LogP contribution in [-0.4, -0.2) is 78.0 Å². The summed E-state index contributed by atoms with van der Waals surface area (Å²) in [5, 5.41) is 11.9. The van der Waals surface area contributed by atoms with Crippen LogP contribution in [0, 0.1) is 18.7 Å². The summed E-state index contributed by atoms with van der Waals surface area (Å²) in [5.74, 6) is -1.14. The van der Waals surface area contributed by atoms with Crippen LogP contribution in [0.15, 0.2) is 84.0 Å². The van der Waals surface area contributed by atoms with Gasteiger partial charge in [0.2, 0.25) is 5.91 Å². The first-order valence-electron chi connectivity index (χ1n) is 16.1. The van der Waals surface area contributed by atoms with E-state index in [2.05, 4.69) is 15.0 Å². The molecule has 0 spiro atoms. The number of hydrogen-bond acceptors (Lipinski definition) is 8. The first-order valence-corrected chi connectivity index (χ1v) is 16.9. The molecular formula is C36H35FN6O4S. The standard InChI is InChI=1S/C36H35FN6O4S/c1-23-31(48-32(40-23)26-10-5-6-11-28(26)37)35(46)42-17-13-25(27(20-42)24-8-3-2-4-9-24)33(44)41-18-14-36(47,15-19-41)21-43-22-39-29-12-7-16-38-30(29)34(43)45/h2-12,16,22,25,27,47H,13-15,17-21H2,1H3/t25-,27+/m1/s1. The van der Waals surface area contributed by atoms with E-state index in [1.807, 2.05) is 35.2 Å². The molecule has 12 heteroatoms. The van der Waals surface area contributed by atoms with E-state index in [1.165, 1.54) is 28.3 Å². The van der Waals surface area contributed by atoms with Crippen LogP contribution in [0.4, 0.5) is 4.39 Å². The van der Waals surface area contributed by atoms with Crippen LogP contribution in [0.5, 0.6) is 0 Å². The van der Waals surface area contributed by atoms with Crippen LogP contribution in [-0.2, 0) is 11.3 Å².